The largest absolute Gasteiger partial charge is 0.377 e. The van der Waals surface area contributed by atoms with Gasteiger partial charge in [-0.25, -0.2) is 4.98 Å². The monoisotopic (exact) mass is 289 g/mol. The smallest absolute Gasteiger partial charge is 0.131 e. The summed E-state index contributed by atoms with van der Waals surface area (Å²) < 4.78 is 5.79. The summed E-state index contributed by atoms with van der Waals surface area (Å²) in [5, 5.41) is 3.55. The number of anilines is 1. The molecular formula is C17H27N3O. The molecule has 1 aromatic rings. The van der Waals surface area contributed by atoms with Crippen molar-refractivity contribution >= 4 is 5.82 Å². The van der Waals surface area contributed by atoms with Gasteiger partial charge in [0.05, 0.1) is 6.10 Å². The van der Waals surface area contributed by atoms with Crippen molar-refractivity contribution in [1.29, 1.82) is 0 Å². The molecule has 21 heavy (non-hydrogen) atoms. The van der Waals surface area contributed by atoms with Crippen molar-refractivity contribution in [3.63, 3.8) is 0 Å². The number of hydrogen-bond donors (Lipinski definition) is 1. The van der Waals surface area contributed by atoms with E-state index in [1.807, 2.05) is 6.20 Å². The maximum absolute atomic E-state index is 5.79. The fourth-order valence-corrected chi connectivity index (χ4v) is 3.11. The van der Waals surface area contributed by atoms with Crippen LogP contribution in [0.3, 0.4) is 0 Å². The van der Waals surface area contributed by atoms with Crippen molar-refractivity contribution in [3.8, 4) is 0 Å². The summed E-state index contributed by atoms with van der Waals surface area (Å²) in [6.45, 7) is 8.06. The van der Waals surface area contributed by atoms with Crippen molar-refractivity contribution in [2.75, 3.05) is 24.6 Å². The minimum atomic E-state index is 0.362. The van der Waals surface area contributed by atoms with Crippen molar-refractivity contribution in [3.05, 3.63) is 23.4 Å². The summed E-state index contributed by atoms with van der Waals surface area (Å²) in [6.07, 6.45) is 7.42. The number of aromatic nitrogens is 1. The highest BCUT2D eigenvalue weighted by Gasteiger charge is 2.23. The third-order valence-corrected chi connectivity index (χ3v) is 4.36. The highest BCUT2D eigenvalue weighted by atomic mass is 16.5. The highest BCUT2D eigenvalue weighted by molar-refractivity contribution is 5.48. The van der Waals surface area contributed by atoms with Gasteiger partial charge in [0.1, 0.15) is 5.82 Å². The third-order valence-electron chi connectivity index (χ3n) is 4.36. The molecule has 1 N–H and O–H groups in total. The van der Waals surface area contributed by atoms with Gasteiger partial charge in [-0.05, 0) is 56.7 Å². The van der Waals surface area contributed by atoms with Crippen molar-refractivity contribution < 1.29 is 4.74 Å². The van der Waals surface area contributed by atoms with E-state index in [-0.39, 0.29) is 0 Å². The molecular weight excluding hydrogens is 262 g/mol. The minimum absolute atomic E-state index is 0.362. The SMILES string of the molecule is CCOC1CCCN(c2ncc(CNC3CC3)cc2C)C1. The molecule has 0 spiro atoms. The first-order valence-electron chi connectivity index (χ1n) is 8.31. The Morgan fingerprint density at radius 3 is 2.95 bits per heavy atom. The molecule has 1 saturated heterocycles. The summed E-state index contributed by atoms with van der Waals surface area (Å²) in [4.78, 5) is 7.11. The zero-order valence-electron chi connectivity index (χ0n) is 13.3. The lowest BCUT2D eigenvalue weighted by Crippen LogP contribution is -2.40. The topological polar surface area (TPSA) is 37.4 Å². The van der Waals surface area contributed by atoms with E-state index >= 15 is 0 Å². The molecule has 0 radical (unpaired) electrons. The van der Waals surface area contributed by atoms with Crippen LogP contribution in [0.1, 0.15) is 43.7 Å². The normalized spacial score (nSPS) is 22.6. The van der Waals surface area contributed by atoms with E-state index < -0.39 is 0 Å². The summed E-state index contributed by atoms with van der Waals surface area (Å²) in [5.74, 6) is 1.13. The molecule has 2 heterocycles. The number of nitrogens with zero attached hydrogens (tertiary/aromatic N) is 2. The summed E-state index contributed by atoms with van der Waals surface area (Å²) in [6, 6.07) is 3.03. The van der Waals surface area contributed by atoms with Crippen LogP contribution in [0, 0.1) is 6.92 Å². The van der Waals surface area contributed by atoms with E-state index in [4.69, 9.17) is 9.72 Å². The maximum atomic E-state index is 5.79. The lowest BCUT2D eigenvalue weighted by molar-refractivity contribution is 0.0525. The number of nitrogens with one attached hydrogen (secondary N) is 1. The molecule has 3 rings (SSSR count). The molecule has 1 saturated carbocycles. The molecule has 2 fully saturated rings. The Bertz CT molecular complexity index is 471. The fraction of sp³-hybridized carbons (Fsp3) is 0.706. The molecule has 1 unspecified atom stereocenters. The van der Waals surface area contributed by atoms with Crippen LogP contribution in [0.5, 0.6) is 0 Å². The van der Waals surface area contributed by atoms with Crippen LogP contribution in [0.2, 0.25) is 0 Å². The standard InChI is InChI=1S/C17H27N3O/c1-3-21-16-5-4-8-20(12-16)17-13(2)9-14(11-19-17)10-18-15-6-7-15/h9,11,15-16,18H,3-8,10,12H2,1-2H3. The lowest BCUT2D eigenvalue weighted by Gasteiger charge is -2.34. The van der Waals surface area contributed by atoms with Crippen LogP contribution < -0.4 is 10.2 Å². The first-order chi connectivity index (χ1) is 10.3. The van der Waals surface area contributed by atoms with Crippen LogP contribution >= 0.6 is 0 Å². The summed E-state index contributed by atoms with van der Waals surface area (Å²) in [7, 11) is 0. The van der Waals surface area contributed by atoms with Crippen LogP contribution in [0.25, 0.3) is 0 Å². The zero-order valence-corrected chi connectivity index (χ0v) is 13.3. The Kier molecular flexibility index (Phi) is 4.76. The third kappa shape index (κ3) is 3.95. The van der Waals surface area contributed by atoms with Gasteiger partial charge in [-0.2, -0.15) is 0 Å². The minimum Gasteiger partial charge on any atom is -0.377 e. The van der Waals surface area contributed by atoms with Gasteiger partial charge in [-0.1, -0.05) is 0 Å². The van der Waals surface area contributed by atoms with Gasteiger partial charge >= 0.3 is 0 Å². The van der Waals surface area contributed by atoms with Crippen molar-refractivity contribution in [2.45, 2.75) is 58.2 Å². The predicted octanol–water partition coefficient (Wildman–Crippen LogP) is 2.65. The lowest BCUT2D eigenvalue weighted by atomic mass is 10.1. The van der Waals surface area contributed by atoms with Gasteiger partial charge in [0.25, 0.3) is 0 Å². The molecule has 1 atom stereocenters. The quantitative estimate of drug-likeness (QED) is 0.873. The van der Waals surface area contributed by atoms with E-state index in [2.05, 4.69) is 30.1 Å². The van der Waals surface area contributed by atoms with Gasteiger partial charge in [-0.15, -0.1) is 0 Å². The molecule has 0 bridgehead atoms. The fourth-order valence-electron chi connectivity index (χ4n) is 3.11. The molecule has 1 aliphatic heterocycles. The molecule has 116 valence electrons. The molecule has 4 heteroatoms. The Morgan fingerprint density at radius 2 is 2.24 bits per heavy atom. The number of hydrogen-bond acceptors (Lipinski definition) is 4. The van der Waals surface area contributed by atoms with Gasteiger partial charge in [0.2, 0.25) is 0 Å². The van der Waals surface area contributed by atoms with E-state index in [1.54, 1.807) is 0 Å². The second-order valence-corrected chi connectivity index (χ2v) is 6.30. The van der Waals surface area contributed by atoms with Crippen LogP contribution in [-0.4, -0.2) is 36.8 Å². The van der Waals surface area contributed by atoms with Gasteiger partial charge in [-0.3, -0.25) is 0 Å². The number of ether oxygens (including phenoxy) is 1. The molecule has 0 amide bonds. The van der Waals surface area contributed by atoms with Gasteiger partial charge < -0.3 is 15.0 Å². The average Bonchev–Trinajstić information content (AvgIpc) is 3.30. The second-order valence-electron chi connectivity index (χ2n) is 6.30. The van der Waals surface area contributed by atoms with Gasteiger partial charge in [0.15, 0.2) is 0 Å². The molecule has 2 aliphatic rings. The van der Waals surface area contributed by atoms with Crippen LogP contribution in [0.15, 0.2) is 12.3 Å². The van der Waals surface area contributed by atoms with Gasteiger partial charge in [0, 0.05) is 38.5 Å². The van der Waals surface area contributed by atoms with Crippen molar-refractivity contribution in [2.24, 2.45) is 0 Å². The molecule has 1 aliphatic carbocycles. The number of piperidine rings is 1. The Hall–Kier alpha value is -1.13. The number of aryl methyl sites for hydroxylation is 1. The molecule has 0 aromatic carbocycles. The molecule has 1 aromatic heterocycles. The predicted molar refractivity (Wildman–Crippen MR) is 85.7 cm³/mol. The summed E-state index contributed by atoms with van der Waals surface area (Å²) >= 11 is 0. The van der Waals surface area contributed by atoms with Crippen LogP contribution in [-0.2, 0) is 11.3 Å². The zero-order chi connectivity index (χ0) is 14.7. The first-order valence-corrected chi connectivity index (χ1v) is 8.31. The number of pyridine rings is 1. The maximum Gasteiger partial charge on any atom is 0.131 e. The first kappa shape index (κ1) is 14.8. The summed E-state index contributed by atoms with van der Waals surface area (Å²) in [5.41, 5.74) is 2.57. The van der Waals surface area contributed by atoms with Crippen molar-refractivity contribution in [1.82, 2.24) is 10.3 Å². The van der Waals surface area contributed by atoms with Crippen LogP contribution in [0.4, 0.5) is 5.82 Å². The van der Waals surface area contributed by atoms with E-state index in [9.17, 15) is 0 Å². The average molecular weight is 289 g/mol. The Labute approximate surface area is 127 Å². The Morgan fingerprint density at radius 1 is 1.38 bits per heavy atom. The Balaban J connectivity index is 1.63. The van der Waals surface area contributed by atoms with E-state index in [0.717, 1.165) is 38.1 Å². The van der Waals surface area contributed by atoms with E-state index in [0.29, 0.717) is 6.10 Å². The number of rotatable bonds is 6. The second kappa shape index (κ2) is 6.75. The highest BCUT2D eigenvalue weighted by Crippen LogP contribution is 2.24. The molecule has 4 nitrogen and oxygen atoms in total. The van der Waals surface area contributed by atoms with E-state index in [1.165, 1.54) is 36.8 Å².